The van der Waals surface area contributed by atoms with Crippen molar-refractivity contribution in [3.8, 4) is 22.3 Å². The first-order valence-corrected chi connectivity index (χ1v) is 17.7. The predicted octanol–water partition coefficient (Wildman–Crippen LogP) is 13.7. The van der Waals surface area contributed by atoms with Gasteiger partial charge < -0.3 is 9.32 Å². The van der Waals surface area contributed by atoms with E-state index < -0.39 is 0 Å². The smallest absolute Gasteiger partial charge is 0.143 e. The van der Waals surface area contributed by atoms with Crippen LogP contribution in [0.2, 0.25) is 0 Å². The van der Waals surface area contributed by atoms with Crippen LogP contribution in [0.1, 0.15) is 16.9 Å². The Balaban J connectivity index is 1.15. The molecule has 0 spiro atoms. The molecule has 49 heavy (non-hydrogen) atoms. The van der Waals surface area contributed by atoms with E-state index in [0.29, 0.717) is 0 Å². The molecule has 0 saturated carbocycles. The standard InChI is InChI=1S/C46H31NOS/c1-2-13-34-30(11-1)12-9-20-42(34)47(33-26-23-31(24-27-33)36-17-10-18-39-37-15-4-7-21-43(37)48-46(36)39)41-19-6-3-14-35(41)32-25-28-45-40(29-32)38-16-5-8-22-44(38)49-45/h1-7,9-21,23-29H,8,22H2. The zero-order chi connectivity index (χ0) is 32.3. The van der Waals surface area contributed by atoms with Crippen LogP contribution in [0.5, 0.6) is 0 Å². The van der Waals surface area contributed by atoms with Crippen LogP contribution in [-0.2, 0) is 6.42 Å². The summed E-state index contributed by atoms with van der Waals surface area (Å²) in [5, 5.41) is 6.07. The molecule has 7 aromatic carbocycles. The monoisotopic (exact) mass is 645 g/mol. The average Bonchev–Trinajstić information content (AvgIpc) is 3.74. The number of anilines is 3. The number of furan rings is 1. The Morgan fingerprint density at radius 2 is 1.27 bits per heavy atom. The SMILES string of the molecule is C1=Cc2c(sc3ccc(-c4ccccc4N(c4ccc(-c5cccc6c5oc5ccccc56)cc4)c4cccc5ccccc45)cc23)CC1. The van der Waals surface area contributed by atoms with Crippen LogP contribution in [0.4, 0.5) is 17.1 Å². The molecule has 1 aliphatic carbocycles. The predicted molar refractivity (Wildman–Crippen MR) is 210 cm³/mol. The maximum absolute atomic E-state index is 6.41. The van der Waals surface area contributed by atoms with E-state index >= 15 is 0 Å². The van der Waals surface area contributed by atoms with Gasteiger partial charge in [-0.05, 0) is 77.4 Å². The number of hydrogen-bond acceptors (Lipinski definition) is 3. The lowest BCUT2D eigenvalue weighted by Crippen LogP contribution is -2.11. The van der Waals surface area contributed by atoms with E-state index in [1.54, 1.807) is 0 Å². The Labute approximate surface area is 288 Å². The Morgan fingerprint density at radius 1 is 0.551 bits per heavy atom. The summed E-state index contributed by atoms with van der Waals surface area (Å²) >= 11 is 1.94. The van der Waals surface area contributed by atoms with Crippen LogP contribution in [0.3, 0.4) is 0 Å². The van der Waals surface area contributed by atoms with Crippen molar-refractivity contribution in [1.82, 2.24) is 0 Å². The molecule has 1 aliphatic rings. The second kappa shape index (κ2) is 11.4. The van der Waals surface area contributed by atoms with Crippen molar-refractivity contribution in [2.75, 3.05) is 4.90 Å². The molecular weight excluding hydrogens is 615 g/mol. The van der Waals surface area contributed by atoms with Crippen molar-refractivity contribution in [2.45, 2.75) is 12.8 Å². The third kappa shape index (κ3) is 4.62. The van der Waals surface area contributed by atoms with Gasteiger partial charge in [-0.3, -0.25) is 0 Å². The van der Waals surface area contributed by atoms with Gasteiger partial charge in [-0.1, -0.05) is 121 Å². The van der Waals surface area contributed by atoms with Crippen LogP contribution in [0.15, 0.2) is 162 Å². The fourth-order valence-electron chi connectivity index (χ4n) is 7.61. The highest BCUT2D eigenvalue weighted by atomic mass is 32.1. The summed E-state index contributed by atoms with van der Waals surface area (Å²) in [6, 6.07) is 54.8. The maximum atomic E-state index is 6.41. The van der Waals surface area contributed by atoms with Gasteiger partial charge in [-0.15, -0.1) is 11.3 Å². The molecule has 2 aromatic heterocycles. The molecule has 2 heterocycles. The largest absolute Gasteiger partial charge is 0.455 e. The first kappa shape index (κ1) is 28.1. The van der Waals surface area contributed by atoms with Gasteiger partial charge in [0, 0.05) is 47.9 Å². The summed E-state index contributed by atoms with van der Waals surface area (Å²) in [6.45, 7) is 0. The first-order chi connectivity index (χ1) is 24.3. The van der Waals surface area contributed by atoms with E-state index in [4.69, 9.17) is 4.42 Å². The molecule has 0 aliphatic heterocycles. The van der Waals surface area contributed by atoms with Crippen molar-refractivity contribution in [2.24, 2.45) is 0 Å². The zero-order valence-electron chi connectivity index (χ0n) is 26.8. The maximum Gasteiger partial charge on any atom is 0.143 e. The number of nitrogens with zero attached hydrogens (tertiary/aromatic N) is 1. The Hall–Kier alpha value is -5.90. The minimum atomic E-state index is 0.914. The molecular formula is C46H31NOS. The fraction of sp³-hybridized carbons (Fsp3) is 0.0435. The Morgan fingerprint density at radius 3 is 2.20 bits per heavy atom. The number of hydrogen-bond donors (Lipinski definition) is 0. The normalized spacial score (nSPS) is 12.7. The van der Waals surface area contributed by atoms with Crippen molar-refractivity contribution in [1.29, 1.82) is 0 Å². The van der Waals surface area contributed by atoms with Gasteiger partial charge in [0.1, 0.15) is 11.2 Å². The molecule has 0 fully saturated rings. The summed E-state index contributed by atoms with van der Waals surface area (Å²) in [5.41, 5.74) is 11.3. The molecule has 0 bridgehead atoms. The summed E-state index contributed by atoms with van der Waals surface area (Å²) < 4.78 is 7.77. The number of fused-ring (bicyclic) bond motifs is 7. The second-order valence-electron chi connectivity index (χ2n) is 12.8. The van der Waals surface area contributed by atoms with Gasteiger partial charge in [0.15, 0.2) is 0 Å². The van der Waals surface area contributed by atoms with Gasteiger partial charge in [0.05, 0.1) is 11.4 Å². The Bertz CT molecular complexity index is 2720. The average molecular weight is 646 g/mol. The topological polar surface area (TPSA) is 16.4 Å². The number of rotatable bonds is 5. The number of allylic oxidation sites excluding steroid dienone is 1. The van der Waals surface area contributed by atoms with Crippen molar-refractivity contribution < 1.29 is 4.42 Å². The van der Waals surface area contributed by atoms with Crippen molar-refractivity contribution in [3.63, 3.8) is 0 Å². The highest BCUT2D eigenvalue weighted by Gasteiger charge is 2.21. The first-order valence-electron chi connectivity index (χ1n) is 16.9. The summed E-state index contributed by atoms with van der Waals surface area (Å²) in [5.74, 6) is 0. The Kier molecular flexibility index (Phi) is 6.53. The van der Waals surface area contributed by atoms with Crippen LogP contribution < -0.4 is 4.90 Å². The highest BCUT2D eigenvalue weighted by Crippen LogP contribution is 2.46. The van der Waals surface area contributed by atoms with Gasteiger partial charge in [-0.2, -0.15) is 0 Å². The molecule has 0 N–H and O–H groups in total. The van der Waals surface area contributed by atoms with Crippen LogP contribution in [-0.4, -0.2) is 0 Å². The molecule has 10 rings (SSSR count). The molecule has 9 aromatic rings. The molecule has 3 heteroatoms. The van der Waals surface area contributed by atoms with Crippen LogP contribution in [0, 0.1) is 0 Å². The van der Waals surface area contributed by atoms with Gasteiger partial charge >= 0.3 is 0 Å². The van der Waals surface area contributed by atoms with E-state index in [9.17, 15) is 0 Å². The lowest BCUT2D eigenvalue weighted by molar-refractivity contribution is 0.670. The van der Waals surface area contributed by atoms with Crippen LogP contribution in [0.25, 0.3) is 71.1 Å². The molecule has 0 saturated heterocycles. The van der Waals surface area contributed by atoms with E-state index in [0.717, 1.165) is 63.0 Å². The zero-order valence-corrected chi connectivity index (χ0v) is 27.6. The van der Waals surface area contributed by atoms with Gasteiger partial charge in [-0.25, -0.2) is 0 Å². The number of thiophene rings is 1. The van der Waals surface area contributed by atoms with Crippen molar-refractivity contribution in [3.05, 3.63) is 168 Å². The van der Waals surface area contributed by atoms with E-state index in [1.807, 2.05) is 23.5 Å². The number of aryl methyl sites for hydroxylation is 1. The third-order valence-corrected chi connectivity index (χ3v) is 11.2. The second-order valence-corrected chi connectivity index (χ2v) is 13.9. The number of benzene rings is 7. The van der Waals surface area contributed by atoms with E-state index in [1.165, 1.54) is 42.4 Å². The summed E-state index contributed by atoms with van der Waals surface area (Å²) in [7, 11) is 0. The summed E-state index contributed by atoms with van der Waals surface area (Å²) in [6.07, 6.45) is 6.90. The fourth-order valence-corrected chi connectivity index (χ4v) is 8.80. The quantitative estimate of drug-likeness (QED) is 0.185. The third-order valence-electron chi connectivity index (χ3n) is 9.93. The molecule has 2 nitrogen and oxygen atoms in total. The lowest BCUT2D eigenvalue weighted by atomic mass is 9.97. The minimum Gasteiger partial charge on any atom is -0.455 e. The number of para-hydroxylation sites is 3. The van der Waals surface area contributed by atoms with Crippen molar-refractivity contribution >= 4 is 77.3 Å². The van der Waals surface area contributed by atoms with E-state index in [2.05, 4.69) is 157 Å². The summed E-state index contributed by atoms with van der Waals surface area (Å²) in [4.78, 5) is 3.93. The molecule has 0 amide bonds. The van der Waals surface area contributed by atoms with Crippen LogP contribution >= 0.6 is 11.3 Å². The highest BCUT2D eigenvalue weighted by molar-refractivity contribution is 7.19. The molecule has 232 valence electrons. The van der Waals surface area contributed by atoms with Gasteiger partial charge in [0.2, 0.25) is 0 Å². The molecule has 0 atom stereocenters. The molecule has 0 radical (unpaired) electrons. The minimum absolute atomic E-state index is 0.914. The lowest BCUT2D eigenvalue weighted by Gasteiger charge is -2.29. The van der Waals surface area contributed by atoms with E-state index in [-0.39, 0.29) is 0 Å². The molecule has 0 unspecified atom stereocenters. The van der Waals surface area contributed by atoms with Gasteiger partial charge in [0.25, 0.3) is 0 Å².